The number of allylic oxidation sites excluding steroid dienone is 2. The Morgan fingerprint density at radius 3 is 2.83 bits per heavy atom. The smallest absolute Gasteiger partial charge is 0.223 e. The molecule has 3 heteroatoms. The van der Waals surface area contributed by atoms with Gasteiger partial charge in [0.05, 0.1) is 0 Å². The van der Waals surface area contributed by atoms with E-state index in [9.17, 15) is 4.79 Å². The number of rotatable bonds is 4. The molecule has 2 atom stereocenters. The van der Waals surface area contributed by atoms with E-state index in [1.807, 2.05) is 0 Å². The van der Waals surface area contributed by atoms with Crippen LogP contribution in [0.1, 0.15) is 39.5 Å². The highest BCUT2D eigenvalue weighted by Gasteiger charge is 2.25. The summed E-state index contributed by atoms with van der Waals surface area (Å²) in [5.41, 5.74) is 0. The Morgan fingerprint density at radius 1 is 1.39 bits per heavy atom. The lowest BCUT2D eigenvalue weighted by molar-refractivity contribution is -0.125. The molecule has 0 aromatic carbocycles. The van der Waals surface area contributed by atoms with E-state index < -0.39 is 0 Å². The second-order valence-corrected chi connectivity index (χ2v) is 5.97. The van der Waals surface area contributed by atoms with Crippen molar-refractivity contribution in [2.24, 2.45) is 11.8 Å². The second kappa shape index (κ2) is 6.37. The molecule has 1 aliphatic carbocycles. The molecule has 0 bridgehead atoms. The molecule has 3 nitrogen and oxygen atoms in total. The van der Waals surface area contributed by atoms with Crippen molar-refractivity contribution in [2.45, 2.75) is 45.6 Å². The maximum absolute atomic E-state index is 12.0. The van der Waals surface area contributed by atoms with Crippen LogP contribution in [0.15, 0.2) is 12.2 Å². The van der Waals surface area contributed by atoms with Crippen LogP contribution in [0.3, 0.4) is 0 Å². The highest BCUT2D eigenvalue weighted by Crippen LogP contribution is 2.20. The molecule has 1 amide bonds. The van der Waals surface area contributed by atoms with Gasteiger partial charge in [0.1, 0.15) is 0 Å². The van der Waals surface area contributed by atoms with Gasteiger partial charge >= 0.3 is 0 Å². The number of hydrogen-bond acceptors (Lipinski definition) is 2. The van der Waals surface area contributed by atoms with Crippen LogP contribution in [0, 0.1) is 11.8 Å². The Bertz CT molecular complexity index is 312. The van der Waals surface area contributed by atoms with Crippen molar-refractivity contribution in [1.29, 1.82) is 0 Å². The number of amides is 1. The summed E-state index contributed by atoms with van der Waals surface area (Å²) in [4.78, 5) is 14.5. The molecule has 0 aromatic heterocycles. The van der Waals surface area contributed by atoms with E-state index in [1.54, 1.807) is 0 Å². The highest BCUT2D eigenvalue weighted by atomic mass is 16.1. The molecule has 0 radical (unpaired) electrons. The molecule has 1 N–H and O–H groups in total. The zero-order chi connectivity index (χ0) is 13.0. The lowest BCUT2D eigenvalue weighted by Crippen LogP contribution is -2.36. The first-order chi connectivity index (χ1) is 8.66. The molecule has 2 aliphatic rings. The minimum absolute atomic E-state index is 0.220. The summed E-state index contributed by atoms with van der Waals surface area (Å²) in [6.07, 6.45) is 8.55. The Labute approximate surface area is 111 Å². The highest BCUT2D eigenvalue weighted by molar-refractivity contribution is 5.78. The molecular formula is C15H26N2O. The van der Waals surface area contributed by atoms with E-state index in [-0.39, 0.29) is 11.8 Å². The van der Waals surface area contributed by atoms with Crippen LogP contribution < -0.4 is 5.32 Å². The minimum atomic E-state index is 0.220. The molecule has 102 valence electrons. The minimum Gasteiger partial charge on any atom is -0.356 e. The predicted octanol–water partition coefficient (Wildman–Crippen LogP) is 2.19. The maximum Gasteiger partial charge on any atom is 0.223 e. The van der Waals surface area contributed by atoms with Crippen molar-refractivity contribution in [3.63, 3.8) is 0 Å². The van der Waals surface area contributed by atoms with Gasteiger partial charge in [-0.2, -0.15) is 0 Å². The van der Waals surface area contributed by atoms with E-state index in [1.165, 1.54) is 13.0 Å². The largest absolute Gasteiger partial charge is 0.356 e. The van der Waals surface area contributed by atoms with Crippen LogP contribution in [-0.4, -0.2) is 36.5 Å². The first-order valence-electron chi connectivity index (χ1n) is 7.33. The second-order valence-electron chi connectivity index (χ2n) is 5.97. The fourth-order valence-corrected chi connectivity index (χ4v) is 2.92. The number of hydrogen-bond donors (Lipinski definition) is 1. The van der Waals surface area contributed by atoms with Crippen LogP contribution in [0.4, 0.5) is 0 Å². The summed E-state index contributed by atoms with van der Waals surface area (Å²) < 4.78 is 0. The number of nitrogens with zero attached hydrogens (tertiary/aromatic N) is 1. The summed E-state index contributed by atoms with van der Waals surface area (Å²) in [6, 6.07) is 0.634. The number of nitrogens with one attached hydrogen (secondary N) is 1. The molecule has 2 rings (SSSR count). The summed E-state index contributed by atoms with van der Waals surface area (Å²) >= 11 is 0. The summed E-state index contributed by atoms with van der Waals surface area (Å²) in [6.45, 7) is 7.68. The van der Waals surface area contributed by atoms with Gasteiger partial charge in [0.25, 0.3) is 0 Å². The fourth-order valence-electron chi connectivity index (χ4n) is 2.92. The summed E-state index contributed by atoms with van der Waals surface area (Å²) in [7, 11) is 0. The van der Waals surface area contributed by atoms with Crippen LogP contribution >= 0.6 is 0 Å². The topological polar surface area (TPSA) is 32.3 Å². The van der Waals surface area contributed by atoms with Crippen LogP contribution in [0.5, 0.6) is 0 Å². The summed E-state index contributed by atoms with van der Waals surface area (Å²) in [5.74, 6) is 1.13. The Morgan fingerprint density at radius 2 is 2.22 bits per heavy atom. The molecule has 1 fully saturated rings. The lowest BCUT2D eigenvalue weighted by Gasteiger charge is -2.21. The van der Waals surface area contributed by atoms with Crippen LogP contribution in [0.25, 0.3) is 0 Å². The first kappa shape index (κ1) is 13.6. The summed E-state index contributed by atoms with van der Waals surface area (Å²) in [5, 5.41) is 3.15. The van der Waals surface area contributed by atoms with Gasteiger partial charge in [0.2, 0.25) is 5.91 Å². The molecule has 0 spiro atoms. The van der Waals surface area contributed by atoms with Crippen LogP contribution in [-0.2, 0) is 4.79 Å². The average molecular weight is 250 g/mol. The number of likely N-dealkylation sites (tertiary alicyclic amines) is 1. The zero-order valence-corrected chi connectivity index (χ0v) is 11.7. The molecular weight excluding hydrogens is 224 g/mol. The van der Waals surface area contributed by atoms with Gasteiger partial charge < -0.3 is 10.2 Å². The molecule has 1 heterocycles. The molecule has 0 unspecified atom stereocenters. The van der Waals surface area contributed by atoms with Crippen LogP contribution in [0.2, 0.25) is 0 Å². The molecule has 18 heavy (non-hydrogen) atoms. The monoisotopic (exact) mass is 250 g/mol. The van der Waals surface area contributed by atoms with Gasteiger partial charge in [-0.25, -0.2) is 0 Å². The number of carbonyl (C=O) groups is 1. The molecule has 0 saturated carbocycles. The van der Waals surface area contributed by atoms with Crippen molar-refractivity contribution in [3.8, 4) is 0 Å². The molecule has 0 aromatic rings. The van der Waals surface area contributed by atoms with Gasteiger partial charge in [-0.3, -0.25) is 4.79 Å². The Kier molecular flexibility index (Phi) is 4.81. The predicted molar refractivity (Wildman–Crippen MR) is 74.3 cm³/mol. The third kappa shape index (κ3) is 3.58. The number of carbonyl (C=O) groups excluding carboxylic acids is 1. The van der Waals surface area contributed by atoms with E-state index in [4.69, 9.17) is 0 Å². The average Bonchev–Trinajstić information content (AvgIpc) is 2.86. The van der Waals surface area contributed by atoms with Gasteiger partial charge in [0.15, 0.2) is 0 Å². The van der Waals surface area contributed by atoms with Gasteiger partial charge in [-0.1, -0.05) is 12.2 Å². The van der Waals surface area contributed by atoms with E-state index >= 15 is 0 Å². The fraction of sp³-hybridized carbons (Fsp3) is 0.800. The normalized spacial score (nSPS) is 28.8. The molecule has 1 aliphatic heterocycles. The van der Waals surface area contributed by atoms with Crippen molar-refractivity contribution in [2.75, 3.05) is 19.6 Å². The van der Waals surface area contributed by atoms with E-state index in [2.05, 4.69) is 36.2 Å². The van der Waals surface area contributed by atoms with E-state index in [0.717, 1.165) is 32.4 Å². The quantitative estimate of drug-likeness (QED) is 0.776. The van der Waals surface area contributed by atoms with Crippen molar-refractivity contribution < 1.29 is 4.79 Å². The van der Waals surface area contributed by atoms with Crippen molar-refractivity contribution in [3.05, 3.63) is 12.2 Å². The SMILES string of the molecule is CC(C)N1CC[C@H](CNC(=O)[C@@H]2CC=CCC2)C1. The van der Waals surface area contributed by atoms with Gasteiger partial charge in [-0.05, 0) is 52.0 Å². The third-order valence-corrected chi connectivity index (χ3v) is 4.25. The Balaban J connectivity index is 1.69. The standard InChI is InChI=1S/C15H26N2O/c1-12(2)17-9-8-13(11-17)10-16-15(18)14-6-4-3-5-7-14/h3-4,12-14H,5-11H2,1-2H3,(H,16,18)/t13-,14-/m1/s1. The van der Waals surface area contributed by atoms with Gasteiger partial charge in [0, 0.05) is 25.0 Å². The maximum atomic E-state index is 12.0. The Hall–Kier alpha value is -0.830. The zero-order valence-electron chi connectivity index (χ0n) is 11.7. The van der Waals surface area contributed by atoms with Crippen molar-refractivity contribution in [1.82, 2.24) is 10.2 Å². The lowest BCUT2D eigenvalue weighted by atomic mass is 9.93. The molecule has 1 saturated heterocycles. The third-order valence-electron chi connectivity index (χ3n) is 4.25. The van der Waals surface area contributed by atoms with Gasteiger partial charge in [-0.15, -0.1) is 0 Å². The van der Waals surface area contributed by atoms with Crippen molar-refractivity contribution >= 4 is 5.91 Å². The first-order valence-corrected chi connectivity index (χ1v) is 7.33. The van der Waals surface area contributed by atoms with E-state index in [0.29, 0.717) is 12.0 Å².